The maximum atomic E-state index is 10.9. The van der Waals surface area contributed by atoms with Crippen LogP contribution in [0.2, 0.25) is 0 Å². The molecule has 0 atom stereocenters. The van der Waals surface area contributed by atoms with Crippen molar-refractivity contribution in [1.29, 1.82) is 0 Å². The number of aromatic nitrogens is 3. The van der Waals surface area contributed by atoms with Crippen LogP contribution in [0.25, 0.3) is 17.1 Å². The Morgan fingerprint density at radius 2 is 1.81 bits per heavy atom. The fraction of sp³-hybridized carbons (Fsp3) is 0.167. The largest absolute Gasteiger partial charge is 0.493 e. The quantitative estimate of drug-likeness (QED) is 0.639. The van der Waals surface area contributed by atoms with Crippen molar-refractivity contribution >= 4 is 17.7 Å². The van der Waals surface area contributed by atoms with Crippen LogP contribution >= 0.6 is 11.8 Å². The number of ether oxygens (including phenoxy) is 2. The molecule has 1 N–H and O–H groups in total. The van der Waals surface area contributed by atoms with Gasteiger partial charge < -0.3 is 14.6 Å². The second kappa shape index (κ2) is 7.92. The molecule has 0 aliphatic rings. The highest BCUT2D eigenvalue weighted by Gasteiger charge is 2.18. The summed E-state index contributed by atoms with van der Waals surface area (Å²) in [6.45, 7) is 0. The third-order valence-electron chi connectivity index (χ3n) is 3.61. The maximum Gasteiger partial charge on any atom is 0.313 e. The van der Waals surface area contributed by atoms with E-state index < -0.39 is 5.97 Å². The number of carbonyl (C=O) groups is 1. The van der Waals surface area contributed by atoms with E-state index in [0.717, 1.165) is 23.0 Å². The zero-order valence-electron chi connectivity index (χ0n) is 14.2. The van der Waals surface area contributed by atoms with Gasteiger partial charge in [-0.15, -0.1) is 10.2 Å². The lowest BCUT2D eigenvalue weighted by molar-refractivity contribution is -0.133. The van der Waals surface area contributed by atoms with Crippen molar-refractivity contribution in [2.75, 3.05) is 20.0 Å². The lowest BCUT2D eigenvalue weighted by Crippen LogP contribution is -2.03. The van der Waals surface area contributed by atoms with Crippen molar-refractivity contribution in [3.63, 3.8) is 0 Å². The summed E-state index contributed by atoms with van der Waals surface area (Å²) in [7, 11) is 3.14. The third-order valence-corrected chi connectivity index (χ3v) is 4.53. The molecule has 0 spiro atoms. The number of hydrogen-bond donors (Lipinski definition) is 1. The summed E-state index contributed by atoms with van der Waals surface area (Å²) in [5.41, 5.74) is 1.62. The molecule has 1 heterocycles. The van der Waals surface area contributed by atoms with E-state index in [9.17, 15) is 4.79 Å². The van der Waals surface area contributed by atoms with Gasteiger partial charge in [-0.3, -0.25) is 9.36 Å². The van der Waals surface area contributed by atoms with E-state index in [-0.39, 0.29) is 5.75 Å². The summed E-state index contributed by atoms with van der Waals surface area (Å²) < 4.78 is 12.5. The van der Waals surface area contributed by atoms with Crippen LogP contribution in [0.5, 0.6) is 11.5 Å². The van der Waals surface area contributed by atoms with E-state index in [1.165, 1.54) is 0 Å². The Morgan fingerprint density at radius 3 is 2.46 bits per heavy atom. The normalized spacial score (nSPS) is 10.5. The van der Waals surface area contributed by atoms with Gasteiger partial charge in [0.2, 0.25) is 0 Å². The van der Waals surface area contributed by atoms with Gasteiger partial charge in [0, 0.05) is 11.3 Å². The number of benzene rings is 2. The van der Waals surface area contributed by atoms with E-state index in [4.69, 9.17) is 14.6 Å². The molecule has 1 aromatic heterocycles. The van der Waals surface area contributed by atoms with Crippen LogP contribution in [-0.4, -0.2) is 45.8 Å². The molecule has 0 aliphatic carbocycles. The Balaban J connectivity index is 2.11. The molecule has 134 valence electrons. The number of carboxylic acid groups (broad SMARTS) is 1. The molecule has 0 bridgehead atoms. The monoisotopic (exact) mass is 371 g/mol. The number of hydrogen-bond acceptors (Lipinski definition) is 6. The first-order valence-electron chi connectivity index (χ1n) is 7.72. The van der Waals surface area contributed by atoms with Crippen molar-refractivity contribution in [3.05, 3.63) is 48.5 Å². The van der Waals surface area contributed by atoms with Crippen molar-refractivity contribution in [2.45, 2.75) is 5.16 Å². The fourth-order valence-electron chi connectivity index (χ4n) is 2.46. The van der Waals surface area contributed by atoms with Gasteiger partial charge >= 0.3 is 5.97 Å². The molecule has 8 heteroatoms. The molecule has 0 unspecified atom stereocenters. The highest BCUT2D eigenvalue weighted by atomic mass is 32.2. The van der Waals surface area contributed by atoms with Gasteiger partial charge in [-0.2, -0.15) is 0 Å². The number of methoxy groups -OCH3 is 2. The summed E-state index contributed by atoms with van der Waals surface area (Å²) in [5.74, 6) is 0.766. The van der Waals surface area contributed by atoms with Gasteiger partial charge in [-0.1, -0.05) is 30.0 Å². The molecule has 0 radical (unpaired) electrons. The first-order chi connectivity index (χ1) is 12.6. The van der Waals surface area contributed by atoms with E-state index >= 15 is 0 Å². The summed E-state index contributed by atoms with van der Waals surface area (Å²) in [4.78, 5) is 10.9. The van der Waals surface area contributed by atoms with Gasteiger partial charge in [0.25, 0.3) is 0 Å². The Morgan fingerprint density at radius 1 is 1.08 bits per heavy atom. The fourth-order valence-corrected chi connectivity index (χ4v) is 3.13. The minimum atomic E-state index is -0.912. The molecular formula is C18H17N3O4S. The number of carboxylic acids is 1. The standard InChI is InChI=1S/C18H17N3O4S/c1-24-14-9-8-12(10-15(14)25-2)17-19-20-18(26-11-16(22)23)21(17)13-6-4-3-5-7-13/h3-10H,11H2,1-2H3,(H,22,23). The van der Waals surface area contributed by atoms with E-state index in [1.54, 1.807) is 20.3 Å². The molecule has 0 fully saturated rings. The van der Waals surface area contributed by atoms with Gasteiger partial charge in [-0.05, 0) is 30.3 Å². The van der Waals surface area contributed by atoms with Crippen LogP contribution in [0.4, 0.5) is 0 Å². The van der Waals surface area contributed by atoms with E-state index in [1.807, 2.05) is 47.0 Å². The second-order valence-electron chi connectivity index (χ2n) is 5.23. The summed E-state index contributed by atoms with van der Waals surface area (Å²) in [6, 6.07) is 15.0. The average molecular weight is 371 g/mol. The SMILES string of the molecule is COc1ccc(-c2nnc(SCC(=O)O)n2-c2ccccc2)cc1OC. The number of para-hydroxylation sites is 1. The van der Waals surface area contributed by atoms with Gasteiger partial charge in [-0.25, -0.2) is 0 Å². The number of rotatable bonds is 7. The molecule has 0 saturated heterocycles. The zero-order chi connectivity index (χ0) is 18.5. The van der Waals surface area contributed by atoms with Crippen LogP contribution in [-0.2, 0) is 4.79 Å². The molecule has 0 saturated carbocycles. The Labute approximate surface area is 154 Å². The lowest BCUT2D eigenvalue weighted by Gasteiger charge is -2.12. The molecule has 0 amide bonds. The van der Waals surface area contributed by atoms with Gasteiger partial charge in [0.15, 0.2) is 22.5 Å². The zero-order valence-corrected chi connectivity index (χ0v) is 15.1. The maximum absolute atomic E-state index is 10.9. The van der Waals surface area contributed by atoms with Crippen LogP contribution in [0.1, 0.15) is 0 Å². The molecule has 3 aromatic rings. The summed E-state index contributed by atoms with van der Waals surface area (Å²) in [6.07, 6.45) is 0. The second-order valence-corrected chi connectivity index (χ2v) is 6.17. The Bertz CT molecular complexity index is 912. The topological polar surface area (TPSA) is 86.5 Å². The number of nitrogens with zero attached hydrogens (tertiary/aromatic N) is 3. The highest BCUT2D eigenvalue weighted by Crippen LogP contribution is 2.34. The molecule has 26 heavy (non-hydrogen) atoms. The van der Waals surface area contributed by atoms with Crippen molar-refractivity contribution in [2.24, 2.45) is 0 Å². The summed E-state index contributed by atoms with van der Waals surface area (Å²) in [5, 5.41) is 17.9. The van der Waals surface area contributed by atoms with Crippen LogP contribution < -0.4 is 9.47 Å². The molecule has 3 rings (SSSR count). The van der Waals surface area contributed by atoms with Crippen molar-refractivity contribution in [1.82, 2.24) is 14.8 Å². The van der Waals surface area contributed by atoms with Crippen LogP contribution in [0, 0.1) is 0 Å². The Kier molecular flexibility index (Phi) is 5.43. The minimum absolute atomic E-state index is 0.100. The predicted octanol–water partition coefficient (Wildman–Crippen LogP) is 3.13. The van der Waals surface area contributed by atoms with Crippen LogP contribution in [0.15, 0.2) is 53.7 Å². The molecule has 7 nitrogen and oxygen atoms in total. The minimum Gasteiger partial charge on any atom is -0.493 e. The van der Waals surface area contributed by atoms with Crippen molar-refractivity contribution < 1.29 is 19.4 Å². The molecule has 2 aromatic carbocycles. The van der Waals surface area contributed by atoms with E-state index in [0.29, 0.717) is 22.5 Å². The highest BCUT2D eigenvalue weighted by molar-refractivity contribution is 7.99. The average Bonchev–Trinajstić information content (AvgIpc) is 3.10. The number of thioether (sulfide) groups is 1. The molecule has 0 aliphatic heterocycles. The third kappa shape index (κ3) is 3.65. The first-order valence-corrected chi connectivity index (χ1v) is 8.70. The Hall–Kier alpha value is -3.00. The van der Waals surface area contributed by atoms with Gasteiger partial charge in [0.05, 0.1) is 20.0 Å². The number of aliphatic carboxylic acids is 1. The lowest BCUT2D eigenvalue weighted by atomic mass is 10.2. The van der Waals surface area contributed by atoms with Crippen molar-refractivity contribution in [3.8, 4) is 28.6 Å². The smallest absolute Gasteiger partial charge is 0.313 e. The first kappa shape index (κ1) is 17.8. The van der Waals surface area contributed by atoms with Gasteiger partial charge in [0.1, 0.15) is 0 Å². The van der Waals surface area contributed by atoms with E-state index in [2.05, 4.69) is 10.2 Å². The predicted molar refractivity (Wildman–Crippen MR) is 98.3 cm³/mol. The molecular weight excluding hydrogens is 354 g/mol. The van der Waals surface area contributed by atoms with Crippen LogP contribution in [0.3, 0.4) is 0 Å². The summed E-state index contributed by atoms with van der Waals surface area (Å²) >= 11 is 1.12.